The van der Waals surface area contributed by atoms with Crippen molar-refractivity contribution < 1.29 is 21.6 Å². The van der Waals surface area contributed by atoms with Crippen LogP contribution in [0.3, 0.4) is 0 Å². The Morgan fingerprint density at radius 2 is 1.62 bits per heavy atom. The van der Waals surface area contributed by atoms with E-state index in [1.165, 1.54) is 23.4 Å². The maximum atomic E-state index is 12.9. The van der Waals surface area contributed by atoms with Gasteiger partial charge < -0.3 is 5.32 Å². The van der Waals surface area contributed by atoms with E-state index in [4.69, 9.17) is 0 Å². The van der Waals surface area contributed by atoms with Crippen molar-refractivity contribution in [1.29, 1.82) is 5.26 Å². The summed E-state index contributed by atoms with van der Waals surface area (Å²) in [5, 5.41) is 12.0. The molecular formula is C21H24N4O5S2. The summed E-state index contributed by atoms with van der Waals surface area (Å²) in [5.74, 6) is -0.616. The number of nitriles is 1. The monoisotopic (exact) mass is 476 g/mol. The number of carbonyl (C=O) groups excluding carboxylic acids is 1. The van der Waals surface area contributed by atoms with Gasteiger partial charge in [-0.1, -0.05) is 12.1 Å². The molecule has 170 valence electrons. The van der Waals surface area contributed by atoms with E-state index in [0.717, 1.165) is 0 Å². The van der Waals surface area contributed by atoms with Crippen LogP contribution in [0.5, 0.6) is 0 Å². The van der Waals surface area contributed by atoms with Gasteiger partial charge in [-0.05, 0) is 56.2 Å². The number of amides is 1. The van der Waals surface area contributed by atoms with Gasteiger partial charge in [-0.25, -0.2) is 16.8 Å². The fourth-order valence-corrected chi connectivity index (χ4v) is 5.65. The van der Waals surface area contributed by atoms with E-state index < -0.39 is 20.0 Å². The van der Waals surface area contributed by atoms with E-state index in [-0.39, 0.29) is 41.1 Å². The van der Waals surface area contributed by atoms with Crippen molar-refractivity contribution in [3.63, 3.8) is 0 Å². The van der Waals surface area contributed by atoms with Crippen molar-refractivity contribution in [2.75, 3.05) is 28.9 Å². The lowest BCUT2D eigenvalue weighted by Gasteiger charge is -2.30. The number of hydrogen-bond acceptors (Lipinski definition) is 6. The Balaban J connectivity index is 1.59. The fraction of sp³-hybridized carbons (Fsp3) is 0.333. The van der Waals surface area contributed by atoms with Gasteiger partial charge in [0.1, 0.15) is 6.07 Å². The summed E-state index contributed by atoms with van der Waals surface area (Å²) in [6, 6.07) is 14.3. The van der Waals surface area contributed by atoms with E-state index in [0.29, 0.717) is 24.2 Å². The molecule has 0 aromatic heterocycles. The Kier molecular flexibility index (Phi) is 7.18. The van der Waals surface area contributed by atoms with Crippen LogP contribution in [0, 0.1) is 17.2 Å². The van der Waals surface area contributed by atoms with Gasteiger partial charge >= 0.3 is 0 Å². The van der Waals surface area contributed by atoms with Crippen LogP contribution in [0.4, 0.5) is 11.4 Å². The van der Waals surface area contributed by atoms with Crippen molar-refractivity contribution in [3.05, 3.63) is 54.1 Å². The highest BCUT2D eigenvalue weighted by Crippen LogP contribution is 2.26. The number of piperidine rings is 1. The molecule has 11 heteroatoms. The first kappa shape index (κ1) is 23.7. The molecule has 2 aromatic rings. The lowest BCUT2D eigenvalue weighted by molar-refractivity contribution is -0.120. The largest absolute Gasteiger partial charge is 0.326 e. The van der Waals surface area contributed by atoms with Crippen molar-refractivity contribution >= 4 is 37.3 Å². The maximum absolute atomic E-state index is 12.9. The van der Waals surface area contributed by atoms with Gasteiger partial charge in [-0.3, -0.25) is 9.52 Å². The number of anilines is 2. The zero-order valence-electron chi connectivity index (χ0n) is 17.5. The number of nitrogens with zero attached hydrogens (tertiary/aromatic N) is 2. The van der Waals surface area contributed by atoms with E-state index in [2.05, 4.69) is 10.0 Å². The lowest BCUT2D eigenvalue weighted by Crippen LogP contribution is -2.41. The van der Waals surface area contributed by atoms with Crippen LogP contribution in [0.25, 0.3) is 0 Å². The molecule has 0 aliphatic carbocycles. The Morgan fingerprint density at radius 3 is 2.22 bits per heavy atom. The second kappa shape index (κ2) is 9.68. The highest BCUT2D eigenvalue weighted by atomic mass is 32.2. The Bertz CT molecular complexity index is 1230. The van der Waals surface area contributed by atoms with Crippen molar-refractivity contribution in [2.45, 2.75) is 24.7 Å². The van der Waals surface area contributed by atoms with Crippen molar-refractivity contribution in [1.82, 2.24) is 4.31 Å². The molecule has 1 aliphatic heterocycles. The number of sulfonamides is 2. The number of hydrogen-bond donors (Lipinski definition) is 2. The van der Waals surface area contributed by atoms with E-state index in [9.17, 15) is 26.9 Å². The number of carbonyl (C=O) groups is 1. The highest BCUT2D eigenvalue weighted by Gasteiger charge is 2.33. The first-order valence-electron chi connectivity index (χ1n) is 10.1. The van der Waals surface area contributed by atoms with Crippen LogP contribution >= 0.6 is 0 Å². The molecule has 1 amide bonds. The zero-order chi connectivity index (χ0) is 23.4. The average Bonchev–Trinajstić information content (AvgIpc) is 2.80. The summed E-state index contributed by atoms with van der Waals surface area (Å²) in [5.41, 5.74) is 1.02. The van der Waals surface area contributed by atoms with Crippen LogP contribution in [-0.4, -0.2) is 45.9 Å². The van der Waals surface area contributed by atoms with Crippen LogP contribution in [0.1, 0.15) is 25.3 Å². The van der Waals surface area contributed by atoms with Crippen molar-refractivity contribution in [3.8, 4) is 6.07 Å². The van der Waals surface area contributed by atoms with Crippen LogP contribution in [0.2, 0.25) is 0 Å². The molecule has 2 N–H and O–H groups in total. The Labute approximate surface area is 188 Å². The molecule has 1 heterocycles. The highest BCUT2D eigenvalue weighted by molar-refractivity contribution is 7.92. The number of nitrogens with one attached hydrogen (secondary N) is 2. The molecule has 9 nitrogen and oxygen atoms in total. The maximum Gasteiger partial charge on any atom is 0.244 e. The Morgan fingerprint density at radius 1 is 1.03 bits per heavy atom. The molecule has 0 saturated carbocycles. The molecule has 3 rings (SSSR count). The second-order valence-electron chi connectivity index (χ2n) is 7.36. The third-order valence-corrected chi connectivity index (χ3v) is 8.52. The molecule has 0 unspecified atom stereocenters. The predicted octanol–water partition coefficient (Wildman–Crippen LogP) is 2.36. The molecule has 0 atom stereocenters. The van der Waals surface area contributed by atoms with Gasteiger partial charge in [0.05, 0.1) is 16.2 Å². The fourth-order valence-electron chi connectivity index (χ4n) is 3.40. The first-order chi connectivity index (χ1) is 15.2. The minimum absolute atomic E-state index is 0.0239. The predicted molar refractivity (Wildman–Crippen MR) is 121 cm³/mol. The molecule has 1 fully saturated rings. The summed E-state index contributed by atoms with van der Waals surface area (Å²) < 4.78 is 52.8. The molecule has 0 bridgehead atoms. The van der Waals surface area contributed by atoms with Crippen molar-refractivity contribution in [2.24, 2.45) is 5.92 Å². The normalized spacial score (nSPS) is 15.6. The zero-order valence-corrected chi connectivity index (χ0v) is 19.1. The van der Waals surface area contributed by atoms with Crippen LogP contribution < -0.4 is 10.0 Å². The standard InChI is InChI=1S/C21H24N4O5S2/c1-2-31(27,28)24-19-9-7-18(8-10-19)23-21(26)16-11-13-25(14-12-16)32(29,30)20-6-4-3-5-17(20)15-22/h3-10,16,24H,2,11-14H2,1H3,(H,23,26). The molecule has 32 heavy (non-hydrogen) atoms. The van der Waals surface area contributed by atoms with Gasteiger partial charge in [0.2, 0.25) is 26.0 Å². The van der Waals surface area contributed by atoms with Gasteiger partial charge in [0.25, 0.3) is 0 Å². The SMILES string of the molecule is CCS(=O)(=O)Nc1ccc(NC(=O)C2CCN(S(=O)(=O)c3ccccc3C#N)CC2)cc1. The summed E-state index contributed by atoms with van der Waals surface area (Å²) in [6.45, 7) is 1.89. The third kappa shape index (κ3) is 5.45. The molecule has 1 aliphatic rings. The minimum atomic E-state index is -3.81. The quantitative estimate of drug-likeness (QED) is 0.629. The van der Waals surface area contributed by atoms with Crippen LogP contribution in [-0.2, 0) is 24.8 Å². The average molecular weight is 477 g/mol. The summed E-state index contributed by atoms with van der Waals surface area (Å²) >= 11 is 0. The number of benzene rings is 2. The van der Waals surface area contributed by atoms with E-state index in [1.54, 1.807) is 36.4 Å². The molecule has 0 spiro atoms. The second-order valence-corrected chi connectivity index (χ2v) is 11.3. The lowest BCUT2D eigenvalue weighted by atomic mass is 9.97. The van der Waals surface area contributed by atoms with E-state index in [1.807, 2.05) is 6.07 Å². The van der Waals surface area contributed by atoms with Gasteiger partial charge in [0.15, 0.2) is 0 Å². The smallest absolute Gasteiger partial charge is 0.244 e. The summed E-state index contributed by atoms with van der Waals surface area (Å²) in [7, 11) is -7.19. The third-order valence-electron chi connectivity index (χ3n) is 5.26. The van der Waals surface area contributed by atoms with Gasteiger partial charge in [0, 0.05) is 30.4 Å². The Hall–Kier alpha value is -2.94. The van der Waals surface area contributed by atoms with Crippen LogP contribution in [0.15, 0.2) is 53.4 Å². The van der Waals surface area contributed by atoms with Gasteiger partial charge in [-0.15, -0.1) is 0 Å². The first-order valence-corrected chi connectivity index (χ1v) is 13.2. The molecule has 0 radical (unpaired) electrons. The van der Waals surface area contributed by atoms with Gasteiger partial charge in [-0.2, -0.15) is 9.57 Å². The van der Waals surface area contributed by atoms with E-state index >= 15 is 0 Å². The summed E-state index contributed by atoms with van der Waals surface area (Å²) in [6.07, 6.45) is 0.711. The number of rotatable bonds is 7. The minimum Gasteiger partial charge on any atom is -0.326 e. The molecule has 2 aromatic carbocycles. The topological polar surface area (TPSA) is 136 Å². The summed E-state index contributed by atoms with van der Waals surface area (Å²) in [4.78, 5) is 12.6. The molecule has 1 saturated heterocycles. The molecular weight excluding hydrogens is 452 g/mol.